The van der Waals surface area contributed by atoms with Crippen molar-refractivity contribution in [3.63, 3.8) is 0 Å². The molecule has 2 N–H and O–H groups in total. The van der Waals surface area contributed by atoms with Gasteiger partial charge in [0.2, 0.25) is 5.91 Å². The van der Waals surface area contributed by atoms with Crippen LogP contribution < -0.4 is 5.32 Å². The highest BCUT2D eigenvalue weighted by molar-refractivity contribution is 5.85. The number of benzene rings is 1. The number of aromatic amines is 1. The Hall–Kier alpha value is -1.88. The maximum absolute atomic E-state index is 13.6. The van der Waals surface area contributed by atoms with Crippen LogP contribution in [0.25, 0.3) is 10.9 Å². The molecule has 0 unspecified atom stereocenters. The number of nitrogens with zero attached hydrogens (tertiary/aromatic N) is 1. The van der Waals surface area contributed by atoms with Crippen LogP contribution in [-0.4, -0.2) is 35.4 Å². The molecule has 0 saturated carbocycles. The Morgan fingerprint density at radius 2 is 2.17 bits per heavy atom. The predicted octanol–water partition coefficient (Wildman–Crippen LogP) is 2.58. The summed E-state index contributed by atoms with van der Waals surface area (Å²) in [6.07, 6.45) is 3.65. The summed E-state index contributed by atoms with van der Waals surface area (Å²) in [7, 11) is 0. The summed E-state index contributed by atoms with van der Waals surface area (Å²) in [4.78, 5) is 17.4. The third-order valence-electron chi connectivity index (χ3n) is 5.19. The highest BCUT2D eigenvalue weighted by atomic mass is 19.1. The molecule has 0 bridgehead atoms. The van der Waals surface area contributed by atoms with Crippen LogP contribution in [-0.2, 0) is 17.8 Å². The molecule has 0 aliphatic carbocycles. The molecule has 1 saturated heterocycles. The van der Waals surface area contributed by atoms with Crippen molar-refractivity contribution in [2.45, 2.75) is 32.2 Å². The first-order valence-electron chi connectivity index (χ1n) is 8.47. The quantitative estimate of drug-likeness (QED) is 0.895. The Morgan fingerprint density at radius 1 is 1.26 bits per heavy atom. The minimum Gasteiger partial charge on any atom is -0.358 e. The van der Waals surface area contributed by atoms with Crippen molar-refractivity contribution in [3.05, 3.63) is 35.3 Å². The SMILES string of the molecule is O=C1CC[C@H](CN2CCc3[nH]c4ccc(F)cc4c3C2)CCN1. The molecule has 1 fully saturated rings. The minimum atomic E-state index is -0.176. The smallest absolute Gasteiger partial charge is 0.220 e. The summed E-state index contributed by atoms with van der Waals surface area (Å²) < 4.78 is 13.6. The number of H-pyrrole nitrogens is 1. The fourth-order valence-electron chi connectivity index (χ4n) is 3.93. The highest BCUT2D eigenvalue weighted by Gasteiger charge is 2.24. The molecule has 1 atom stereocenters. The molecule has 4 rings (SSSR count). The van der Waals surface area contributed by atoms with Crippen molar-refractivity contribution in [1.82, 2.24) is 15.2 Å². The standard InChI is InChI=1S/C18H22FN3O/c19-13-2-3-16-14(9-13)15-11-22(8-6-17(15)21-16)10-12-1-4-18(23)20-7-5-12/h2-3,9,12,21H,1,4-8,10-11H2,(H,20,23)/t12-/m0/s1. The van der Waals surface area contributed by atoms with E-state index in [1.54, 1.807) is 6.07 Å². The Morgan fingerprint density at radius 3 is 3.09 bits per heavy atom. The summed E-state index contributed by atoms with van der Waals surface area (Å²) in [5.74, 6) is 0.572. The fraction of sp³-hybridized carbons (Fsp3) is 0.500. The number of fused-ring (bicyclic) bond motifs is 3. The molecule has 0 spiro atoms. The zero-order chi connectivity index (χ0) is 15.8. The van der Waals surface area contributed by atoms with Crippen molar-refractivity contribution in [3.8, 4) is 0 Å². The second-order valence-electron chi connectivity index (χ2n) is 6.80. The van der Waals surface area contributed by atoms with Gasteiger partial charge in [-0.15, -0.1) is 0 Å². The van der Waals surface area contributed by atoms with Crippen LogP contribution in [0.4, 0.5) is 4.39 Å². The summed E-state index contributed by atoms with van der Waals surface area (Å²) in [5, 5.41) is 3.97. The molecule has 2 aromatic rings. The zero-order valence-corrected chi connectivity index (χ0v) is 13.2. The molecule has 1 aromatic heterocycles. The number of halogens is 1. The molecular formula is C18H22FN3O. The van der Waals surface area contributed by atoms with Crippen LogP contribution in [0.5, 0.6) is 0 Å². The second-order valence-corrected chi connectivity index (χ2v) is 6.80. The largest absolute Gasteiger partial charge is 0.358 e. The molecule has 2 aliphatic rings. The maximum Gasteiger partial charge on any atom is 0.220 e. The van der Waals surface area contributed by atoms with E-state index in [0.717, 1.165) is 56.3 Å². The van der Waals surface area contributed by atoms with Crippen LogP contribution in [0.3, 0.4) is 0 Å². The van der Waals surface area contributed by atoms with Crippen LogP contribution in [0.15, 0.2) is 18.2 Å². The second kappa shape index (κ2) is 5.96. The van der Waals surface area contributed by atoms with E-state index < -0.39 is 0 Å². The first-order chi connectivity index (χ1) is 11.2. The van der Waals surface area contributed by atoms with E-state index in [1.165, 1.54) is 17.3 Å². The lowest BCUT2D eigenvalue weighted by Gasteiger charge is -2.30. The van der Waals surface area contributed by atoms with Crippen LogP contribution in [0.1, 0.15) is 30.5 Å². The van der Waals surface area contributed by atoms with Gasteiger partial charge in [0, 0.05) is 55.6 Å². The Kier molecular flexibility index (Phi) is 3.81. The molecule has 0 radical (unpaired) electrons. The first kappa shape index (κ1) is 14.7. The van der Waals surface area contributed by atoms with E-state index in [-0.39, 0.29) is 11.7 Å². The van der Waals surface area contributed by atoms with Gasteiger partial charge < -0.3 is 10.3 Å². The first-order valence-corrected chi connectivity index (χ1v) is 8.47. The van der Waals surface area contributed by atoms with Crippen molar-refractivity contribution < 1.29 is 9.18 Å². The molecule has 1 aromatic carbocycles. The van der Waals surface area contributed by atoms with Gasteiger partial charge in [0.05, 0.1) is 0 Å². The molecule has 122 valence electrons. The van der Waals surface area contributed by atoms with Crippen molar-refractivity contribution in [2.75, 3.05) is 19.6 Å². The normalized spacial score (nSPS) is 22.7. The number of hydrogen-bond acceptors (Lipinski definition) is 2. The average Bonchev–Trinajstić information content (AvgIpc) is 2.76. The molecule has 2 aliphatic heterocycles. The van der Waals surface area contributed by atoms with Gasteiger partial charge in [-0.3, -0.25) is 9.69 Å². The summed E-state index contributed by atoms with van der Waals surface area (Å²) in [5.41, 5.74) is 3.52. The van der Waals surface area contributed by atoms with E-state index in [9.17, 15) is 9.18 Å². The van der Waals surface area contributed by atoms with E-state index >= 15 is 0 Å². The fourth-order valence-corrected chi connectivity index (χ4v) is 3.93. The molecule has 4 nitrogen and oxygen atoms in total. The molecule has 5 heteroatoms. The van der Waals surface area contributed by atoms with Gasteiger partial charge in [-0.1, -0.05) is 0 Å². The van der Waals surface area contributed by atoms with Crippen molar-refractivity contribution in [1.29, 1.82) is 0 Å². The van der Waals surface area contributed by atoms with Crippen molar-refractivity contribution >= 4 is 16.8 Å². The Bertz CT molecular complexity index is 739. The van der Waals surface area contributed by atoms with Gasteiger partial charge in [-0.25, -0.2) is 4.39 Å². The van der Waals surface area contributed by atoms with Gasteiger partial charge in [0.15, 0.2) is 0 Å². The van der Waals surface area contributed by atoms with Gasteiger partial charge in [-0.2, -0.15) is 0 Å². The number of amides is 1. The van der Waals surface area contributed by atoms with Gasteiger partial charge in [0.25, 0.3) is 0 Å². The van der Waals surface area contributed by atoms with E-state index in [2.05, 4.69) is 15.2 Å². The average molecular weight is 315 g/mol. The third-order valence-corrected chi connectivity index (χ3v) is 5.19. The van der Waals surface area contributed by atoms with Crippen molar-refractivity contribution in [2.24, 2.45) is 5.92 Å². The third kappa shape index (κ3) is 2.98. The minimum absolute atomic E-state index is 0.176. The molecule has 3 heterocycles. The molecular weight excluding hydrogens is 293 g/mol. The summed E-state index contributed by atoms with van der Waals surface area (Å²) in [6, 6.07) is 4.98. The lowest BCUT2D eigenvalue weighted by atomic mass is 9.97. The summed E-state index contributed by atoms with van der Waals surface area (Å²) >= 11 is 0. The number of rotatable bonds is 2. The lowest BCUT2D eigenvalue weighted by Crippen LogP contribution is -2.34. The number of carbonyl (C=O) groups is 1. The van der Waals surface area contributed by atoms with Crippen LogP contribution >= 0.6 is 0 Å². The molecule has 23 heavy (non-hydrogen) atoms. The topological polar surface area (TPSA) is 48.1 Å². The summed E-state index contributed by atoms with van der Waals surface area (Å²) in [6.45, 7) is 3.72. The number of aromatic nitrogens is 1. The van der Waals surface area contributed by atoms with Crippen LogP contribution in [0, 0.1) is 11.7 Å². The van der Waals surface area contributed by atoms with Gasteiger partial charge >= 0.3 is 0 Å². The van der Waals surface area contributed by atoms with E-state index in [4.69, 9.17) is 0 Å². The number of hydrogen-bond donors (Lipinski definition) is 2. The molecule has 1 amide bonds. The highest BCUT2D eigenvalue weighted by Crippen LogP contribution is 2.29. The predicted molar refractivity (Wildman–Crippen MR) is 87.6 cm³/mol. The Balaban J connectivity index is 1.50. The lowest BCUT2D eigenvalue weighted by molar-refractivity contribution is -0.120. The zero-order valence-electron chi connectivity index (χ0n) is 13.2. The Labute approximate surface area is 135 Å². The number of carbonyl (C=O) groups excluding carboxylic acids is 1. The van der Waals surface area contributed by atoms with E-state index in [1.807, 2.05) is 6.07 Å². The maximum atomic E-state index is 13.6. The monoisotopic (exact) mass is 315 g/mol. The number of nitrogens with one attached hydrogen (secondary N) is 2. The van der Waals surface area contributed by atoms with E-state index in [0.29, 0.717) is 12.3 Å². The van der Waals surface area contributed by atoms with Gasteiger partial charge in [-0.05, 0) is 42.5 Å². The van der Waals surface area contributed by atoms with Crippen LogP contribution in [0.2, 0.25) is 0 Å². The van der Waals surface area contributed by atoms with Gasteiger partial charge in [0.1, 0.15) is 5.82 Å².